The van der Waals surface area contributed by atoms with E-state index in [1.54, 1.807) is 42.7 Å². The molecule has 29 heavy (non-hydrogen) atoms. The summed E-state index contributed by atoms with van der Waals surface area (Å²) in [7, 11) is 4.89. The van der Waals surface area contributed by atoms with E-state index in [2.05, 4.69) is 19.9 Å². The van der Waals surface area contributed by atoms with Crippen LogP contribution in [0.3, 0.4) is 0 Å². The van der Waals surface area contributed by atoms with Crippen LogP contribution in [0.15, 0.2) is 23.0 Å². The lowest BCUT2D eigenvalue weighted by molar-refractivity contribution is 0.116. The molecule has 0 aromatic carbocycles. The second kappa shape index (κ2) is 13.0. The zero-order valence-corrected chi connectivity index (χ0v) is 21.5. The maximum absolute atomic E-state index is 6.13. The second-order valence-corrected chi connectivity index (χ2v) is 13.5. The van der Waals surface area contributed by atoms with Gasteiger partial charge >= 0.3 is 17.6 Å². The van der Waals surface area contributed by atoms with Crippen LogP contribution in [0.25, 0.3) is 0 Å². The molecule has 0 aromatic heterocycles. The number of rotatable bonds is 15. The summed E-state index contributed by atoms with van der Waals surface area (Å²) in [5.41, 5.74) is 2.65. The maximum atomic E-state index is 6.13. The Bertz CT molecular complexity index is 526. The highest BCUT2D eigenvalue weighted by Gasteiger charge is 2.38. The summed E-state index contributed by atoms with van der Waals surface area (Å²) in [6, 6.07) is 1.56. The van der Waals surface area contributed by atoms with Gasteiger partial charge in [-0.05, 0) is 38.2 Å². The molecule has 1 aliphatic carbocycles. The molecule has 9 heteroatoms. The summed E-state index contributed by atoms with van der Waals surface area (Å²) in [6.45, 7) is 4.99. The van der Waals surface area contributed by atoms with Crippen molar-refractivity contribution < 1.29 is 31.3 Å². The van der Waals surface area contributed by atoms with Crippen molar-refractivity contribution in [2.45, 2.75) is 51.6 Å². The molecule has 1 aliphatic rings. The van der Waals surface area contributed by atoms with Crippen LogP contribution in [0.2, 0.25) is 12.1 Å². The lowest BCUT2D eigenvalue weighted by Gasteiger charge is -2.27. The number of hydrogen-bond donors (Lipinski definition) is 0. The van der Waals surface area contributed by atoms with E-state index in [-0.39, 0.29) is 0 Å². The minimum Gasteiger partial charge on any atom is -0.497 e. The average molecular weight is 449 g/mol. The van der Waals surface area contributed by atoms with Gasteiger partial charge in [-0.3, -0.25) is 0 Å². The SMILES string of the molecule is CO[Si](CCCOC1=C(C)C=C(CCC[Si](OC)(OC)OC)CC1C)(OC)OC. The van der Waals surface area contributed by atoms with E-state index in [4.69, 9.17) is 31.3 Å². The quantitative estimate of drug-likeness (QED) is 0.275. The minimum atomic E-state index is -2.52. The molecule has 0 aliphatic heterocycles. The van der Waals surface area contributed by atoms with Crippen LogP contribution in [0.5, 0.6) is 0 Å². The molecule has 0 fully saturated rings. The second-order valence-electron chi connectivity index (χ2n) is 7.35. The van der Waals surface area contributed by atoms with Crippen molar-refractivity contribution in [1.82, 2.24) is 0 Å². The van der Waals surface area contributed by atoms with Crippen molar-refractivity contribution in [2.75, 3.05) is 49.3 Å². The summed E-state index contributed by atoms with van der Waals surface area (Å²) in [4.78, 5) is 0. The zero-order valence-electron chi connectivity index (χ0n) is 19.5. The molecule has 0 bridgehead atoms. The van der Waals surface area contributed by atoms with Gasteiger partial charge in [-0.1, -0.05) is 18.6 Å². The van der Waals surface area contributed by atoms with Crippen LogP contribution < -0.4 is 0 Å². The largest absolute Gasteiger partial charge is 0.500 e. The van der Waals surface area contributed by atoms with E-state index in [0.29, 0.717) is 12.5 Å². The molecule has 0 spiro atoms. The number of ether oxygens (including phenoxy) is 1. The molecule has 0 saturated heterocycles. The fourth-order valence-electron chi connectivity index (χ4n) is 3.86. The molecule has 1 rings (SSSR count). The Morgan fingerprint density at radius 1 is 0.828 bits per heavy atom. The predicted molar refractivity (Wildman–Crippen MR) is 118 cm³/mol. The molecule has 0 N–H and O–H groups in total. The first-order valence-electron chi connectivity index (χ1n) is 10.2. The monoisotopic (exact) mass is 448 g/mol. The predicted octanol–water partition coefficient (Wildman–Crippen LogP) is 4.17. The molecule has 0 radical (unpaired) electrons. The van der Waals surface area contributed by atoms with Gasteiger partial charge in [0.2, 0.25) is 0 Å². The highest BCUT2D eigenvalue weighted by Crippen LogP contribution is 2.33. The molecule has 0 aromatic rings. The minimum absolute atomic E-state index is 0.374. The summed E-state index contributed by atoms with van der Waals surface area (Å²) in [6.07, 6.45) is 6.12. The van der Waals surface area contributed by atoms with Crippen LogP contribution in [0.1, 0.15) is 39.5 Å². The molecule has 0 saturated carbocycles. The third-order valence-corrected chi connectivity index (χ3v) is 11.2. The number of allylic oxidation sites excluding steroid dienone is 4. The van der Waals surface area contributed by atoms with Crippen LogP contribution >= 0.6 is 0 Å². The molecular weight excluding hydrogens is 408 g/mol. The Morgan fingerprint density at radius 2 is 1.31 bits per heavy atom. The first kappa shape index (κ1) is 26.5. The van der Waals surface area contributed by atoms with E-state index in [9.17, 15) is 0 Å². The highest BCUT2D eigenvalue weighted by molar-refractivity contribution is 6.60. The zero-order chi connectivity index (χ0) is 21.9. The molecule has 1 unspecified atom stereocenters. The Kier molecular flexibility index (Phi) is 11.9. The summed E-state index contributed by atoms with van der Waals surface area (Å²) in [5.74, 6) is 1.46. The molecule has 170 valence electrons. The molecule has 0 amide bonds. The van der Waals surface area contributed by atoms with Gasteiger partial charge in [0.15, 0.2) is 0 Å². The maximum Gasteiger partial charge on any atom is 0.500 e. The van der Waals surface area contributed by atoms with E-state index in [1.807, 2.05) is 0 Å². The Labute approximate surface area is 179 Å². The molecule has 7 nitrogen and oxygen atoms in total. The third-order valence-electron chi connectivity index (χ3n) is 5.56. The van der Waals surface area contributed by atoms with Crippen molar-refractivity contribution in [2.24, 2.45) is 5.92 Å². The van der Waals surface area contributed by atoms with E-state index in [0.717, 1.165) is 43.5 Å². The lowest BCUT2D eigenvalue weighted by atomic mass is 9.88. The third kappa shape index (κ3) is 7.59. The standard InChI is InChI=1S/C20H40O7Si2/c1-17-15-19(11-9-13-28(21-3,22-4)23-5)16-18(2)20(17)27-12-10-14-29(24-6,25-7)26-8/h15,18H,9-14,16H2,1-8H3. The van der Waals surface area contributed by atoms with Gasteiger partial charge in [0.05, 0.1) is 6.61 Å². The number of hydrogen-bond acceptors (Lipinski definition) is 7. The Balaban J connectivity index is 2.57. The smallest absolute Gasteiger partial charge is 0.497 e. The van der Waals surface area contributed by atoms with Crippen LogP contribution in [0, 0.1) is 5.92 Å². The fourth-order valence-corrected chi connectivity index (χ4v) is 7.27. The van der Waals surface area contributed by atoms with Gasteiger partial charge < -0.3 is 31.3 Å². The first-order valence-corrected chi connectivity index (χ1v) is 14.0. The van der Waals surface area contributed by atoms with Gasteiger partial charge in [-0.25, -0.2) is 0 Å². The van der Waals surface area contributed by atoms with Gasteiger partial charge in [0.25, 0.3) is 0 Å². The van der Waals surface area contributed by atoms with Gasteiger partial charge in [0.1, 0.15) is 5.76 Å². The summed E-state index contributed by atoms with van der Waals surface area (Å²) >= 11 is 0. The lowest BCUT2D eigenvalue weighted by Crippen LogP contribution is -2.42. The van der Waals surface area contributed by atoms with E-state index in [1.165, 1.54) is 11.1 Å². The average Bonchev–Trinajstić information content (AvgIpc) is 2.74. The van der Waals surface area contributed by atoms with Crippen molar-refractivity contribution in [3.63, 3.8) is 0 Å². The summed E-state index contributed by atoms with van der Waals surface area (Å²) in [5, 5.41) is 0. The van der Waals surface area contributed by atoms with Crippen LogP contribution in [0.4, 0.5) is 0 Å². The van der Waals surface area contributed by atoms with Crippen molar-refractivity contribution in [3.05, 3.63) is 23.0 Å². The molecular formula is C20H40O7Si2. The van der Waals surface area contributed by atoms with Crippen LogP contribution in [-0.4, -0.2) is 66.9 Å². The first-order chi connectivity index (χ1) is 13.8. The van der Waals surface area contributed by atoms with Crippen LogP contribution in [-0.2, 0) is 31.3 Å². The highest BCUT2D eigenvalue weighted by atomic mass is 28.4. The molecule has 0 heterocycles. The fraction of sp³-hybridized carbons (Fsp3) is 0.800. The Morgan fingerprint density at radius 3 is 1.76 bits per heavy atom. The van der Waals surface area contributed by atoms with Crippen molar-refractivity contribution >= 4 is 17.6 Å². The molecule has 1 atom stereocenters. The van der Waals surface area contributed by atoms with Gasteiger partial charge in [0, 0.05) is 60.7 Å². The topological polar surface area (TPSA) is 64.6 Å². The Hall–Kier alpha value is -0.526. The van der Waals surface area contributed by atoms with Crippen molar-refractivity contribution in [1.29, 1.82) is 0 Å². The van der Waals surface area contributed by atoms with Gasteiger partial charge in [-0.2, -0.15) is 0 Å². The van der Waals surface area contributed by atoms with Crippen molar-refractivity contribution in [3.8, 4) is 0 Å². The summed E-state index contributed by atoms with van der Waals surface area (Å²) < 4.78 is 39.1. The van der Waals surface area contributed by atoms with E-state index < -0.39 is 17.6 Å². The normalized spacial score (nSPS) is 18.2. The van der Waals surface area contributed by atoms with E-state index >= 15 is 0 Å². The van der Waals surface area contributed by atoms with Gasteiger partial charge in [-0.15, -0.1) is 0 Å².